The number of carbonyl (C=O) groups excluding carboxylic acids is 1. The lowest BCUT2D eigenvalue weighted by atomic mass is 10.1. The number of rotatable bonds is 5. The summed E-state index contributed by atoms with van der Waals surface area (Å²) >= 11 is 0. The van der Waals surface area contributed by atoms with Crippen LogP contribution in [0.25, 0.3) is 11.3 Å². The number of imidazole rings is 1. The van der Waals surface area contributed by atoms with E-state index in [0.29, 0.717) is 18.1 Å². The number of hydrogen-bond donors (Lipinski definition) is 1. The van der Waals surface area contributed by atoms with Gasteiger partial charge in [0.05, 0.1) is 18.5 Å². The Hall–Kier alpha value is -3.08. The second-order valence-corrected chi connectivity index (χ2v) is 5.80. The molecule has 5 heteroatoms. The van der Waals surface area contributed by atoms with E-state index < -0.39 is 0 Å². The Morgan fingerprint density at radius 1 is 1.12 bits per heavy atom. The molecule has 0 atom stereocenters. The highest BCUT2D eigenvalue weighted by Gasteiger charge is 2.12. The van der Waals surface area contributed by atoms with Crippen molar-refractivity contribution >= 4 is 11.9 Å². The molecule has 0 aliphatic rings. The Morgan fingerprint density at radius 2 is 1.80 bits per heavy atom. The molecule has 0 radical (unpaired) electrons. The summed E-state index contributed by atoms with van der Waals surface area (Å²) in [5.41, 5.74) is 3.65. The first-order valence-electron chi connectivity index (χ1n) is 8.21. The quantitative estimate of drug-likeness (QED) is 0.765. The first-order valence-corrected chi connectivity index (χ1v) is 8.21. The Bertz CT molecular complexity index is 865. The van der Waals surface area contributed by atoms with Gasteiger partial charge >= 0.3 is 0 Å². The van der Waals surface area contributed by atoms with Gasteiger partial charge < -0.3 is 9.30 Å². The number of carbonyl (C=O) groups is 1. The van der Waals surface area contributed by atoms with E-state index in [2.05, 4.69) is 10.3 Å². The van der Waals surface area contributed by atoms with Crippen molar-refractivity contribution in [3.05, 3.63) is 65.9 Å². The van der Waals surface area contributed by atoms with Gasteiger partial charge in [0.1, 0.15) is 5.75 Å². The smallest absolute Gasteiger partial charge is 0.257 e. The summed E-state index contributed by atoms with van der Waals surface area (Å²) in [6, 6.07) is 15.3. The summed E-state index contributed by atoms with van der Waals surface area (Å²) in [7, 11) is 1.88. The lowest BCUT2D eigenvalue weighted by Crippen LogP contribution is -2.15. The summed E-state index contributed by atoms with van der Waals surface area (Å²) in [5.74, 6) is 1.17. The highest BCUT2D eigenvalue weighted by atomic mass is 16.5. The standard InChI is InChI=1S/C20H21N3O2/c1-4-25-17-11-9-15(10-12-17)18-13-21-20(23(18)3)22-19(24)16-7-5-14(2)6-8-16/h5-13H,4H2,1-3H3,(H,21,22,24). The number of anilines is 1. The van der Waals surface area contributed by atoms with Crippen LogP contribution >= 0.6 is 0 Å². The van der Waals surface area contributed by atoms with Crippen molar-refractivity contribution in [1.29, 1.82) is 0 Å². The SMILES string of the molecule is CCOc1ccc(-c2cnc(NC(=O)c3ccc(C)cc3)n2C)cc1. The van der Waals surface area contributed by atoms with Crippen LogP contribution in [0.3, 0.4) is 0 Å². The molecule has 3 aromatic rings. The minimum atomic E-state index is -0.174. The average molecular weight is 335 g/mol. The third-order valence-electron chi connectivity index (χ3n) is 3.99. The fourth-order valence-electron chi connectivity index (χ4n) is 2.56. The number of ether oxygens (including phenoxy) is 1. The van der Waals surface area contributed by atoms with Gasteiger partial charge in [0.15, 0.2) is 0 Å². The highest BCUT2D eigenvalue weighted by molar-refractivity contribution is 6.03. The molecule has 0 bridgehead atoms. The van der Waals surface area contributed by atoms with E-state index in [1.807, 2.05) is 61.9 Å². The van der Waals surface area contributed by atoms with Crippen LogP contribution in [0.2, 0.25) is 0 Å². The summed E-state index contributed by atoms with van der Waals surface area (Å²) in [5, 5.41) is 2.86. The van der Waals surface area contributed by atoms with E-state index in [4.69, 9.17) is 4.74 Å². The third-order valence-corrected chi connectivity index (χ3v) is 3.99. The normalized spacial score (nSPS) is 10.5. The second kappa shape index (κ2) is 7.21. The van der Waals surface area contributed by atoms with E-state index in [-0.39, 0.29) is 5.91 Å². The van der Waals surface area contributed by atoms with Crippen molar-refractivity contribution in [1.82, 2.24) is 9.55 Å². The van der Waals surface area contributed by atoms with Crippen LogP contribution < -0.4 is 10.1 Å². The van der Waals surface area contributed by atoms with Crippen molar-refractivity contribution in [3.63, 3.8) is 0 Å². The van der Waals surface area contributed by atoms with Gasteiger partial charge in [-0.3, -0.25) is 10.1 Å². The van der Waals surface area contributed by atoms with Gasteiger partial charge in [0.25, 0.3) is 5.91 Å². The number of hydrogen-bond acceptors (Lipinski definition) is 3. The predicted octanol–water partition coefficient (Wildman–Crippen LogP) is 4.05. The fourth-order valence-corrected chi connectivity index (χ4v) is 2.56. The maximum Gasteiger partial charge on any atom is 0.257 e. The van der Waals surface area contributed by atoms with Gasteiger partial charge in [0.2, 0.25) is 5.95 Å². The van der Waals surface area contributed by atoms with Crippen molar-refractivity contribution in [2.24, 2.45) is 7.05 Å². The number of nitrogens with one attached hydrogen (secondary N) is 1. The minimum absolute atomic E-state index is 0.174. The van der Waals surface area contributed by atoms with Crippen LogP contribution in [0.15, 0.2) is 54.7 Å². The van der Waals surface area contributed by atoms with Crippen LogP contribution in [0.5, 0.6) is 5.75 Å². The molecule has 0 aliphatic carbocycles. The Labute approximate surface area is 147 Å². The van der Waals surface area contributed by atoms with Gasteiger partial charge in [0, 0.05) is 18.2 Å². The monoisotopic (exact) mass is 335 g/mol. The summed E-state index contributed by atoms with van der Waals surface area (Å²) in [6.45, 7) is 4.59. The maximum atomic E-state index is 12.4. The Kier molecular flexibility index (Phi) is 4.84. The minimum Gasteiger partial charge on any atom is -0.494 e. The van der Waals surface area contributed by atoms with E-state index in [9.17, 15) is 4.79 Å². The number of aryl methyl sites for hydroxylation is 1. The molecule has 0 aliphatic heterocycles. The molecule has 0 fully saturated rings. The number of aromatic nitrogens is 2. The van der Waals surface area contributed by atoms with E-state index in [0.717, 1.165) is 22.6 Å². The first kappa shape index (κ1) is 16.8. The van der Waals surface area contributed by atoms with Gasteiger partial charge in [-0.2, -0.15) is 0 Å². The van der Waals surface area contributed by atoms with Crippen LogP contribution in [0, 0.1) is 6.92 Å². The summed E-state index contributed by atoms with van der Waals surface area (Å²) in [6.07, 6.45) is 1.75. The molecule has 128 valence electrons. The molecule has 5 nitrogen and oxygen atoms in total. The molecule has 0 saturated heterocycles. The average Bonchev–Trinajstić information content (AvgIpc) is 2.97. The Morgan fingerprint density at radius 3 is 2.44 bits per heavy atom. The zero-order valence-electron chi connectivity index (χ0n) is 14.6. The van der Waals surface area contributed by atoms with Crippen molar-refractivity contribution in [2.45, 2.75) is 13.8 Å². The molecular formula is C20H21N3O2. The third kappa shape index (κ3) is 3.71. The molecule has 3 rings (SSSR count). The highest BCUT2D eigenvalue weighted by Crippen LogP contribution is 2.24. The van der Waals surface area contributed by atoms with Gasteiger partial charge in [-0.1, -0.05) is 17.7 Å². The van der Waals surface area contributed by atoms with Crippen molar-refractivity contribution in [2.75, 3.05) is 11.9 Å². The summed E-state index contributed by atoms with van der Waals surface area (Å²) in [4.78, 5) is 16.7. The molecule has 1 amide bonds. The fraction of sp³-hybridized carbons (Fsp3) is 0.200. The van der Waals surface area contributed by atoms with Crippen molar-refractivity contribution < 1.29 is 9.53 Å². The lowest BCUT2D eigenvalue weighted by Gasteiger charge is -2.09. The van der Waals surface area contributed by atoms with E-state index in [1.165, 1.54) is 0 Å². The topological polar surface area (TPSA) is 56.1 Å². The Balaban J connectivity index is 1.78. The zero-order valence-corrected chi connectivity index (χ0v) is 14.6. The maximum absolute atomic E-state index is 12.4. The first-order chi connectivity index (χ1) is 12.1. The molecule has 25 heavy (non-hydrogen) atoms. The van der Waals surface area contributed by atoms with Crippen LogP contribution in [-0.4, -0.2) is 22.1 Å². The molecule has 1 aromatic heterocycles. The van der Waals surface area contributed by atoms with Crippen LogP contribution in [0.1, 0.15) is 22.8 Å². The van der Waals surface area contributed by atoms with Gasteiger partial charge in [-0.15, -0.1) is 0 Å². The number of benzene rings is 2. The largest absolute Gasteiger partial charge is 0.494 e. The molecule has 0 saturated carbocycles. The molecule has 1 heterocycles. The molecule has 2 aromatic carbocycles. The number of amides is 1. The molecule has 0 unspecified atom stereocenters. The van der Waals surface area contributed by atoms with Gasteiger partial charge in [-0.05, 0) is 50.2 Å². The summed E-state index contributed by atoms with van der Waals surface area (Å²) < 4.78 is 7.33. The molecule has 1 N–H and O–H groups in total. The number of nitrogens with zero attached hydrogens (tertiary/aromatic N) is 2. The van der Waals surface area contributed by atoms with Crippen molar-refractivity contribution in [3.8, 4) is 17.0 Å². The van der Waals surface area contributed by atoms with Crippen LogP contribution in [-0.2, 0) is 7.05 Å². The van der Waals surface area contributed by atoms with Crippen LogP contribution in [0.4, 0.5) is 5.95 Å². The lowest BCUT2D eigenvalue weighted by molar-refractivity contribution is 0.102. The van der Waals surface area contributed by atoms with Gasteiger partial charge in [-0.25, -0.2) is 4.98 Å². The zero-order chi connectivity index (χ0) is 17.8. The van der Waals surface area contributed by atoms with E-state index in [1.54, 1.807) is 18.3 Å². The molecular weight excluding hydrogens is 314 g/mol. The predicted molar refractivity (Wildman–Crippen MR) is 98.9 cm³/mol. The second-order valence-electron chi connectivity index (χ2n) is 5.80. The van der Waals surface area contributed by atoms with E-state index >= 15 is 0 Å². The molecule has 0 spiro atoms.